The first kappa shape index (κ1) is 10.8. The zero-order chi connectivity index (χ0) is 11.6. The van der Waals surface area contributed by atoms with E-state index in [2.05, 4.69) is 16.1 Å². The van der Waals surface area contributed by atoms with Crippen molar-refractivity contribution in [3.63, 3.8) is 0 Å². The van der Waals surface area contributed by atoms with Crippen molar-refractivity contribution < 1.29 is 4.74 Å². The molecule has 2 rings (SSSR count). The molecule has 1 heterocycles. The first-order chi connectivity index (χ1) is 7.61. The summed E-state index contributed by atoms with van der Waals surface area (Å²) in [6.45, 7) is 4.66. The predicted molar refractivity (Wildman–Crippen MR) is 62.6 cm³/mol. The van der Waals surface area contributed by atoms with Gasteiger partial charge in [0.15, 0.2) is 0 Å². The number of rotatable bonds is 3. The van der Waals surface area contributed by atoms with Crippen molar-refractivity contribution in [3.05, 3.63) is 39.8 Å². The Morgan fingerprint density at radius 3 is 3.06 bits per heavy atom. The second kappa shape index (κ2) is 4.06. The maximum absolute atomic E-state index is 8.47. The van der Waals surface area contributed by atoms with Crippen molar-refractivity contribution in [3.8, 4) is 5.75 Å². The van der Waals surface area contributed by atoms with Gasteiger partial charge < -0.3 is 4.74 Å². The van der Waals surface area contributed by atoms with Crippen molar-refractivity contribution in [2.75, 3.05) is 6.61 Å². The van der Waals surface area contributed by atoms with Crippen LogP contribution in [-0.4, -0.2) is 12.1 Å². The maximum atomic E-state index is 8.47. The summed E-state index contributed by atoms with van der Waals surface area (Å²) < 4.78 is 5.45. The molecule has 0 unspecified atom stereocenters. The summed E-state index contributed by atoms with van der Waals surface area (Å²) in [4.78, 5) is 2.88. The fourth-order valence-corrected chi connectivity index (χ4v) is 2.01. The van der Waals surface area contributed by atoms with Crippen LogP contribution in [0.15, 0.2) is 23.3 Å². The van der Waals surface area contributed by atoms with Crippen LogP contribution in [0.1, 0.15) is 25.0 Å². The third-order valence-corrected chi connectivity index (χ3v) is 2.71. The van der Waals surface area contributed by atoms with Gasteiger partial charge in [-0.1, -0.05) is 31.1 Å². The Bertz CT molecular complexity index is 448. The number of azide groups is 1. The summed E-state index contributed by atoms with van der Waals surface area (Å²) in [7, 11) is 0. The molecule has 0 atom stereocenters. The monoisotopic (exact) mass is 217 g/mol. The number of fused-ring (bicyclic) bond motifs is 1. The molecular weight excluding hydrogens is 202 g/mol. The van der Waals surface area contributed by atoms with Crippen molar-refractivity contribution in [1.29, 1.82) is 0 Å². The highest BCUT2D eigenvalue weighted by atomic mass is 16.5. The third kappa shape index (κ3) is 2.28. The third-order valence-electron chi connectivity index (χ3n) is 2.71. The van der Waals surface area contributed by atoms with Crippen LogP contribution >= 0.6 is 0 Å². The lowest BCUT2D eigenvalue weighted by Crippen LogP contribution is -2.19. The molecule has 0 saturated carbocycles. The smallest absolute Gasteiger partial charge is 0.122 e. The summed E-state index contributed by atoms with van der Waals surface area (Å²) in [6, 6.07) is 6.19. The van der Waals surface area contributed by atoms with Gasteiger partial charge in [0.2, 0.25) is 0 Å². The Morgan fingerprint density at radius 2 is 2.31 bits per heavy atom. The Balaban J connectivity index is 2.19. The fraction of sp³-hybridized carbons (Fsp3) is 0.500. The molecule has 0 N–H and O–H groups in total. The van der Waals surface area contributed by atoms with Crippen LogP contribution in [0.5, 0.6) is 5.75 Å². The summed E-state index contributed by atoms with van der Waals surface area (Å²) in [6.07, 6.45) is 1.73. The standard InChI is InChI=1S/C12H15N3O/c1-12(2,14-15-13)8-9-3-4-11-10(7-9)5-6-16-11/h3-4,7H,5-6,8H2,1-2H3. The molecule has 1 aliphatic heterocycles. The predicted octanol–water partition coefficient (Wildman–Crippen LogP) is 3.25. The van der Waals surface area contributed by atoms with Crippen molar-refractivity contribution in [1.82, 2.24) is 0 Å². The van der Waals surface area contributed by atoms with Gasteiger partial charge in [0, 0.05) is 16.9 Å². The maximum Gasteiger partial charge on any atom is 0.122 e. The van der Waals surface area contributed by atoms with E-state index < -0.39 is 0 Å². The molecule has 16 heavy (non-hydrogen) atoms. The molecule has 0 amide bonds. The van der Waals surface area contributed by atoms with Crippen molar-refractivity contribution in [2.24, 2.45) is 5.11 Å². The first-order valence-corrected chi connectivity index (χ1v) is 5.42. The van der Waals surface area contributed by atoms with Crippen LogP contribution in [0.4, 0.5) is 0 Å². The van der Waals surface area contributed by atoms with E-state index in [9.17, 15) is 0 Å². The molecule has 4 nitrogen and oxygen atoms in total. The molecule has 0 radical (unpaired) electrons. The van der Waals surface area contributed by atoms with Crippen LogP contribution < -0.4 is 4.74 Å². The molecule has 0 bridgehead atoms. The van der Waals surface area contributed by atoms with Crippen molar-refractivity contribution >= 4 is 0 Å². The quantitative estimate of drug-likeness (QED) is 0.435. The van der Waals surface area contributed by atoms with Gasteiger partial charge in [-0.15, -0.1) is 0 Å². The van der Waals surface area contributed by atoms with Crippen LogP contribution in [0.25, 0.3) is 10.4 Å². The Morgan fingerprint density at radius 1 is 1.50 bits per heavy atom. The second-order valence-electron chi connectivity index (χ2n) is 4.72. The summed E-state index contributed by atoms with van der Waals surface area (Å²) >= 11 is 0. The Hall–Kier alpha value is -1.67. The van der Waals surface area contributed by atoms with Crippen LogP contribution in [0.2, 0.25) is 0 Å². The minimum absolute atomic E-state index is 0.373. The van der Waals surface area contributed by atoms with Gasteiger partial charge in [-0.2, -0.15) is 0 Å². The topological polar surface area (TPSA) is 58.0 Å². The summed E-state index contributed by atoms with van der Waals surface area (Å²) in [5.41, 5.74) is 10.6. The van der Waals surface area contributed by atoms with E-state index in [1.807, 2.05) is 26.0 Å². The number of benzene rings is 1. The number of hydrogen-bond donors (Lipinski definition) is 0. The molecule has 0 spiro atoms. The number of ether oxygens (including phenoxy) is 1. The van der Waals surface area contributed by atoms with Gasteiger partial charge in [0.05, 0.1) is 6.61 Å². The summed E-state index contributed by atoms with van der Waals surface area (Å²) in [5, 5.41) is 3.79. The average molecular weight is 217 g/mol. The SMILES string of the molecule is CC(C)(Cc1ccc2c(c1)CCO2)N=[N+]=[N-]. The highest BCUT2D eigenvalue weighted by Crippen LogP contribution is 2.27. The van der Waals surface area contributed by atoms with Gasteiger partial charge in [-0.3, -0.25) is 0 Å². The van der Waals surface area contributed by atoms with E-state index >= 15 is 0 Å². The first-order valence-electron chi connectivity index (χ1n) is 5.42. The van der Waals surface area contributed by atoms with Gasteiger partial charge in [0.1, 0.15) is 5.75 Å². The van der Waals surface area contributed by atoms with Crippen molar-refractivity contribution in [2.45, 2.75) is 32.2 Å². The fourth-order valence-electron chi connectivity index (χ4n) is 2.01. The van der Waals surface area contributed by atoms with Crippen LogP contribution in [0.3, 0.4) is 0 Å². The van der Waals surface area contributed by atoms with E-state index in [0.29, 0.717) is 0 Å². The van der Waals surface area contributed by atoms with E-state index in [1.165, 1.54) is 11.1 Å². The molecule has 0 aliphatic carbocycles. The molecule has 84 valence electrons. The minimum atomic E-state index is -0.373. The number of hydrogen-bond acceptors (Lipinski definition) is 2. The molecule has 1 aromatic rings. The normalized spacial score (nSPS) is 13.9. The van der Waals surface area contributed by atoms with Gasteiger partial charge in [0.25, 0.3) is 0 Å². The van der Waals surface area contributed by atoms with E-state index in [4.69, 9.17) is 10.3 Å². The largest absolute Gasteiger partial charge is 0.493 e. The van der Waals surface area contributed by atoms with E-state index in [0.717, 1.165) is 25.2 Å². The van der Waals surface area contributed by atoms with Gasteiger partial charge in [-0.05, 0) is 29.1 Å². The minimum Gasteiger partial charge on any atom is -0.493 e. The molecule has 0 fully saturated rings. The number of nitrogens with zero attached hydrogens (tertiary/aromatic N) is 3. The van der Waals surface area contributed by atoms with E-state index in [1.54, 1.807) is 0 Å². The molecule has 4 heteroatoms. The Kier molecular flexibility index (Phi) is 2.75. The lowest BCUT2D eigenvalue weighted by Gasteiger charge is -2.17. The molecule has 0 saturated heterocycles. The average Bonchev–Trinajstić information content (AvgIpc) is 2.63. The molecule has 1 aromatic carbocycles. The molecule has 1 aliphatic rings. The lowest BCUT2D eigenvalue weighted by molar-refractivity contribution is 0.356. The van der Waals surface area contributed by atoms with Gasteiger partial charge in [-0.25, -0.2) is 0 Å². The zero-order valence-electron chi connectivity index (χ0n) is 9.60. The summed E-state index contributed by atoms with van der Waals surface area (Å²) in [5.74, 6) is 0.991. The van der Waals surface area contributed by atoms with Gasteiger partial charge >= 0.3 is 0 Å². The van der Waals surface area contributed by atoms with Crippen LogP contribution in [0, 0.1) is 0 Å². The highest BCUT2D eigenvalue weighted by Gasteiger charge is 2.18. The van der Waals surface area contributed by atoms with Crippen LogP contribution in [-0.2, 0) is 12.8 Å². The highest BCUT2D eigenvalue weighted by molar-refractivity contribution is 5.40. The molecular formula is C12H15N3O. The van der Waals surface area contributed by atoms with E-state index in [-0.39, 0.29) is 5.54 Å². The second-order valence-corrected chi connectivity index (χ2v) is 4.72. The Labute approximate surface area is 94.9 Å². The molecule has 0 aromatic heterocycles. The zero-order valence-corrected chi connectivity index (χ0v) is 9.60. The lowest BCUT2D eigenvalue weighted by atomic mass is 9.94.